The zero-order chi connectivity index (χ0) is 11.1. The normalized spacial score (nSPS) is 21.5. The Kier molecular flexibility index (Phi) is 5.51. The van der Waals surface area contributed by atoms with E-state index in [4.69, 9.17) is 4.74 Å². The lowest BCUT2D eigenvalue weighted by Gasteiger charge is -2.31. The molecule has 3 heteroatoms. The summed E-state index contributed by atoms with van der Waals surface area (Å²) in [6, 6.07) is 0. The van der Waals surface area contributed by atoms with Crippen molar-refractivity contribution in [3.63, 3.8) is 0 Å². The number of carbonyl (C=O) groups excluding carboxylic acids is 1. The predicted octanol–water partition coefficient (Wildman–Crippen LogP) is 3.05. The van der Waals surface area contributed by atoms with Gasteiger partial charge in [0.1, 0.15) is 0 Å². The van der Waals surface area contributed by atoms with Crippen molar-refractivity contribution < 1.29 is 9.53 Å². The van der Waals surface area contributed by atoms with Crippen molar-refractivity contribution in [2.75, 3.05) is 19.7 Å². The summed E-state index contributed by atoms with van der Waals surface area (Å²) in [6.45, 7) is 6.63. The lowest BCUT2D eigenvalue weighted by atomic mass is 9.96. The molecule has 0 N–H and O–H groups in total. The third-order valence-corrected chi connectivity index (χ3v) is 3.08. The Bertz CT molecular complexity index is 194. The lowest BCUT2D eigenvalue weighted by molar-refractivity contribution is 0.0829. The third-order valence-electron chi connectivity index (χ3n) is 3.08. The van der Waals surface area contributed by atoms with Crippen molar-refractivity contribution in [2.24, 2.45) is 5.92 Å². The highest BCUT2D eigenvalue weighted by Crippen LogP contribution is 2.19. The third kappa shape index (κ3) is 4.10. The lowest BCUT2D eigenvalue weighted by Crippen LogP contribution is -2.40. The topological polar surface area (TPSA) is 29.5 Å². The first kappa shape index (κ1) is 12.3. The van der Waals surface area contributed by atoms with Gasteiger partial charge in [0.2, 0.25) is 0 Å². The van der Waals surface area contributed by atoms with Crippen LogP contribution >= 0.6 is 0 Å². The van der Waals surface area contributed by atoms with E-state index in [1.165, 1.54) is 12.8 Å². The van der Waals surface area contributed by atoms with Crippen LogP contribution < -0.4 is 0 Å². The highest BCUT2D eigenvalue weighted by molar-refractivity contribution is 5.67. The van der Waals surface area contributed by atoms with Crippen LogP contribution in [-0.2, 0) is 4.74 Å². The average molecular weight is 213 g/mol. The van der Waals surface area contributed by atoms with Crippen LogP contribution in [0.1, 0.15) is 46.0 Å². The fourth-order valence-corrected chi connectivity index (χ4v) is 1.96. The number of likely N-dealkylation sites (tertiary alicyclic amines) is 1. The number of rotatable bonds is 4. The van der Waals surface area contributed by atoms with Gasteiger partial charge < -0.3 is 9.64 Å². The maximum Gasteiger partial charge on any atom is 0.409 e. The molecule has 1 aliphatic rings. The Hall–Kier alpha value is -0.730. The Labute approximate surface area is 92.8 Å². The Morgan fingerprint density at radius 1 is 1.47 bits per heavy atom. The van der Waals surface area contributed by atoms with Crippen LogP contribution in [-0.4, -0.2) is 30.7 Å². The molecule has 3 nitrogen and oxygen atoms in total. The van der Waals surface area contributed by atoms with Gasteiger partial charge in [0.15, 0.2) is 0 Å². The minimum atomic E-state index is -0.110. The van der Waals surface area contributed by atoms with E-state index in [-0.39, 0.29) is 6.09 Å². The van der Waals surface area contributed by atoms with E-state index in [1.807, 2.05) is 4.90 Å². The SMILES string of the molecule is CCCCOC(=O)N1CCCC(CC)C1. The van der Waals surface area contributed by atoms with Crippen LogP contribution in [0.5, 0.6) is 0 Å². The molecule has 1 rings (SSSR count). The maximum atomic E-state index is 11.6. The molecule has 0 saturated carbocycles. The zero-order valence-electron chi connectivity index (χ0n) is 10.00. The Morgan fingerprint density at radius 2 is 2.27 bits per heavy atom. The van der Waals surface area contributed by atoms with Gasteiger partial charge in [-0.2, -0.15) is 0 Å². The fraction of sp³-hybridized carbons (Fsp3) is 0.917. The van der Waals surface area contributed by atoms with Crippen molar-refractivity contribution >= 4 is 6.09 Å². The number of hydrogen-bond acceptors (Lipinski definition) is 2. The molecule has 0 spiro atoms. The quantitative estimate of drug-likeness (QED) is 0.672. The van der Waals surface area contributed by atoms with E-state index in [9.17, 15) is 4.79 Å². The number of hydrogen-bond donors (Lipinski definition) is 0. The molecule has 1 fully saturated rings. The highest BCUT2D eigenvalue weighted by atomic mass is 16.6. The minimum absolute atomic E-state index is 0.110. The van der Waals surface area contributed by atoms with Gasteiger partial charge in [-0.05, 0) is 25.2 Å². The second kappa shape index (κ2) is 6.70. The zero-order valence-corrected chi connectivity index (χ0v) is 10.00. The smallest absolute Gasteiger partial charge is 0.409 e. The van der Waals surface area contributed by atoms with Gasteiger partial charge in [-0.25, -0.2) is 4.79 Å². The van der Waals surface area contributed by atoms with Crippen LogP contribution in [0.15, 0.2) is 0 Å². The summed E-state index contributed by atoms with van der Waals surface area (Å²) in [5, 5.41) is 0. The summed E-state index contributed by atoms with van der Waals surface area (Å²) in [7, 11) is 0. The number of ether oxygens (including phenoxy) is 1. The molecule has 1 saturated heterocycles. The molecule has 1 unspecified atom stereocenters. The van der Waals surface area contributed by atoms with Crippen molar-refractivity contribution in [1.82, 2.24) is 4.90 Å². The second-order valence-electron chi connectivity index (χ2n) is 4.33. The largest absolute Gasteiger partial charge is 0.449 e. The predicted molar refractivity (Wildman–Crippen MR) is 60.8 cm³/mol. The molecule has 1 heterocycles. The van der Waals surface area contributed by atoms with E-state index in [0.717, 1.165) is 32.4 Å². The molecule has 1 aliphatic heterocycles. The summed E-state index contributed by atoms with van der Waals surface area (Å²) < 4.78 is 5.20. The molecule has 88 valence electrons. The van der Waals surface area contributed by atoms with Crippen molar-refractivity contribution in [3.8, 4) is 0 Å². The van der Waals surface area contributed by atoms with E-state index in [0.29, 0.717) is 12.5 Å². The monoisotopic (exact) mass is 213 g/mol. The Balaban J connectivity index is 2.25. The molecule has 0 aliphatic carbocycles. The number of carbonyl (C=O) groups is 1. The van der Waals surface area contributed by atoms with Gasteiger partial charge in [0.25, 0.3) is 0 Å². The van der Waals surface area contributed by atoms with Crippen LogP contribution in [0.25, 0.3) is 0 Å². The van der Waals surface area contributed by atoms with Gasteiger partial charge >= 0.3 is 6.09 Å². The van der Waals surface area contributed by atoms with Crippen LogP contribution in [0.4, 0.5) is 4.79 Å². The second-order valence-corrected chi connectivity index (χ2v) is 4.33. The van der Waals surface area contributed by atoms with E-state index < -0.39 is 0 Å². The van der Waals surface area contributed by atoms with Gasteiger partial charge in [-0.3, -0.25) is 0 Å². The molecule has 0 aromatic rings. The van der Waals surface area contributed by atoms with Crippen LogP contribution in [0.2, 0.25) is 0 Å². The molecular weight excluding hydrogens is 190 g/mol. The van der Waals surface area contributed by atoms with Gasteiger partial charge in [-0.1, -0.05) is 26.7 Å². The molecule has 0 radical (unpaired) electrons. The maximum absolute atomic E-state index is 11.6. The standard InChI is InChI=1S/C12H23NO2/c1-3-5-9-15-12(14)13-8-6-7-11(4-2)10-13/h11H,3-10H2,1-2H3. The first-order chi connectivity index (χ1) is 7.27. The van der Waals surface area contributed by atoms with E-state index >= 15 is 0 Å². The van der Waals surface area contributed by atoms with Crippen molar-refractivity contribution in [3.05, 3.63) is 0 Å². The van der Waals surface area contributed by atoms with Crippen molar-refractivity contribution in [1.29, 1.82) is 0 Å². The molecule has 0 bridgehead atoms. The molecule has 0 aromatic heterocycles. The summed E-state index contributed by atoms with van der Waals surface area (Å²) in [4.78, 5) is 13.5. The van der Waals surface area contributed by atoms with E-state index in [1.54, 1.807) is 0 Å². The fourth-order valence-electron chi connectivity index (χ4n) is 1.96. The first-order valence-corrected chi connectivity index (χ1v) is 6.19. The molecular formula is C12H23NO2. The summed E-state index contributed by atoms with van der Waals surface area (Å²) in [6.07, 6.45) is 5.48. The van der Waals surface area contributed by atoms with Crippen molar-refractivity contribution in [2.45, 2.75) is 46.0 Å². The summed E-state index contributed by atoms with van der Waals surface area (Å²) >= 11 is 0. The minimum Gasteiger partial charge on any atom is -0.449 e. The number of piperidine rings is 1. The molecule has 0 aromatic carbocycles. The average Bonchev–Trinajstić information content (AvgIpc) is 2.29. The number of nitrogens with zero attached hydrogens (tertiary/aromatic N) is 1. The summed E-state index contributed by atoms with van der Waals surface area (Å²) in [5.74, 6) is 0.678. The molecule has 1 amide bonds. The highest BCUT2D eigenvalue weighted by Gasteiger charge is 2.23. The van der Waals surface area contributed by atoms with Crippen LogP contribution in [0.3, 0.4) is 0 Å². The van der Waals surface area contributed by atoms with Gasteiger partial charge in [0, 0.05) is 13.1 Å². The molecule has 1 atom stereocenters. The van der Waals surface area contributed by atoms with Gasteiger partial charge in [0.05, 0.1) is 6.61 Å². The van der Waals surface area contributed by atoms with Crippen LogP contribution in [0, 0.1) is 5.92 Å². The number of amides is 1. The first-order valence-electron chi connectivity index (χ1n) is 6.19. The summed E-state index contributed by atoms with van der Waals surface area (Å²) in [5.41, 5.74) is 0. The molecule has 15 heavy (non-hydrogen) atoms. The van der Waals surface area contributed by atoms with Gasteiger partial charge in [-0.15, -0.1) is 0 Å². The number of unbranched alkanes of at least 4 members (excludes halogenated alkanes) is 1. The Morgan fingerprint density at radius 3 is 2.93 bits per heavy atom. The van der Waals surface area contributed by atoms with E-state index in [2.05, 4.69) is 13.8 Å².